The number of hydrogen-bond donors (Lipinski definition) is 2. The van der Waals surface area contributed by atoms with Gasteiger partial charge in [0, 0.05) is 5.92 Å². The summed E-state index contributed by atoms with van der Waals surface area (Å²) in [7, 11) is 0. The Morgan fingerprint density at radius 1 is 1.45 bits per heavy atom. The van der Waals surface area contributed by atoms with Crippen molar-refractivity contribution in [2.45, 2.75) is 12.8 Å². The molecule has 0 atom stereocenters. The predicted molar refractivity (Wildman–Crippen MR) is 76.7 cm³/mol. The van der Waals surface area contributed by atoms with Crippen LogP contribution in [0, 0.1) is 5.92 Å². The van der Waals surface area contributed by atoms with Crippen LogP contribution in [0.15, 0.2) is 11.4 Å². The lowest BCUT2D eigenvalue weighted by Crippen LogP contribution is -2.39. The average molecular weight is 295 g/mol. The number of nitrogens with two attached hydrogens (primary N) is 1. The van der Waals surface area contributed by atoms with Crippen molar-refractivity contribution < 1.29 is 14.4 Å². The van der Waals surface area contributed by atoms with E-state index in [0.29, 0.717) is 10.6 Å². The number of carbonyl (C=O) groups is 3. The summed E-state index contributed by atoms with van der Waals surface area (Å²) >= 11 is 1.27. The Labute approximate surface area is 120 Å². The van der Waals surface area contributed by atoms with E-state index in [1.54, 1.807) is 11.4 Å². The van der Waals surface area contributed by atoms with E-state index < -0.39 is 5.91 Å². The Morgan fingerprint density at radius 2 is 2.15 bits per heavy atom. The second kappa shape index (κ2) is 6.62. The van der Waals surface area contributed by atoms with Gasteiger partial charge in [0.25, 0.3) is 5.91 Å². The van der Waals surface area contributed by atoms with Crippen molar-refractivity contribution in [1.82, 2.24) is 4.90 Å². The Bertz CT molecular complexity index is 507. The highest BCUT2D eigenvalue weighted by Crippen LogP contribution is 2.22. The first-order valence-corrected chi connectivity index (χ1v) is 7.33. The molecule has 0 radical (unpaired) electrons. The quantitative estimate of drug-likeness (QED) is 0.782. The van der Waals surface area contributed by atoms with Crippen molar-refractivity contribution >= 4 is 34.4 Å². The summed E-state index contributed by atoms with van der Waals surface area (Å²) in [6, 6.07) is 1.60. The molecule has 1 aliphatic heterocycles. The molecular formula is C13H17N3O3S. The second-order valence-corrected chi connectivity index (χ2v) is 5.74. The van der Waals surface area contributed by atoms with E-state index in [2.05, 4.69) is 5.32 Å². The fourth-order valence-corrected chi connectivity index (χ4v) is 3.03. The number of aldehydes is 1. The van der Waals surface area contributed by atoms with Crippen LogP contribution in [0.2, 0.25) is 0 Å². The van der Waals surface area contributed by atoms with Gasteiger partial charge in [0.15, 0.2) is 0 Å². The van der Waals surface area contributed by atoms with Gasteiger partial charge >= 0.3 is 0 Å². The number of thiophene rings is 1. The first-order valence-electron chi connectivity index (χ1n) is 6.45. The van der Waals surface area contributed by atoms with Gasteiger partial charge in [-0.3, -0.25) is 14.5 Å². The normalized spacial score (nSPS) is 16.8. The van der Waals surface area contributed by atoms with Gasteiger partial charge < -0.3 is 15.8 Å². The van der Waals surface area contributed by atoms with E-state index in [1.807, 2.05) is 4.90 Å². The Morgan fingerprint density at radius 3 is 2.75 bits per heavy atom. The molecule has 7 heteroatoms. The zero-order valence-electron chi connectivity index (χ0n) is 11.0. The molecule has 108 valence electrons. The minimum absolute atomic E-state index is 0.119. The highest BCUT2D eigenvalue weighted by molar-refractivity contribution is 7.14. The number of piperidine rings is 1. The van der Waals surface area contributed by atoms with Crippen LogP contribution in [-0.2, 0) is 9.59 Å². The van der Waals surface area contributed by atoms with Crippen molar-refractivity contribution in [3.63, 3.8) is 0 Å². The van der Waals surface area contributed by atoms with Crippen LogP contribution in [0.25, 0.3) is 0 Å². The minimum Gasteiger partial charge on any atom is -0.366 e. The molecule has 0 unspecified atom stereocenters. The summed E-state index contributed by atoms with van der Waals surface area (Å²) in [4.78, 5) is 35.8. The molecule has 6 nitrogen and oxygen atoms in total. The third-order valence-corrected chi connectivity index (χ3v) is 4.21. The van der Waals surface area contributed by atoms with Crippen molar-refractivity contribution in [2.24, 2.45) is 11.7 Å². The van der Waals surface area contributed by atoms with Crippen LogP contribution in [0.1, 0.15) is 23.2 Å². The zero-order chi connectivity index (χ0) is 14.5. The van der Waals surface area contributed by atoms with Crippen LogP contribution in [0.3, 0.4) is 0 Å². The van der Waals surface area contributed by atoms with E-state index in [4.69, 9.17) is 5.73 Å². The van der Waals surface area contributed by atoms with Crippen molar-refractivity contribution in [1.29, 1.82) is 0 Å². The van der Waals surface area contributed by atoms with Gasteiger partial charge in [-0.25, -0.2) is 0 Å². The van der Waals surface area contributed by atoms with Gasteiger partial charge in [-0.2, -0.15) is 0 Å². The summed E-state index contributed by atoms with van der Waals surface area (Å²) < 4.78 is 0. The highest BCUT2D eigenvalue weighted by Gasteiger charge is 2.21. The van der Waals surface area contributed by atoms with Gasteiger partial charge in [0.05, 0.1) is 12.1 Å². The maximum Gasteiger partial charge on any atom is 0.251 e. The van der Waals surface area contributed by atoms with Gasteiger partial charge in [-0.1, -0.05) is 0 Å². The SMILES string of the molecule is NC(=O)c1ccsc1NC(=O)CN1CCC(C=O)CC1. The zero-order valence-corrected chi connectivity index (χ0v) is 11.8. The summed E-state index contributed by atoms with van der Waals surface area (Å²) in [6.07, 6.45) is 2.58. The van der Waals surface area contributed by atoms with E-state index in [9.17, 15) is 14.4 Å². The van der Waals surface area contributed by atoms with Gasteiger partial charge in [-0.15, -0.1) is 11.3 Å². The smallest absolute Gasteiger partial charge is 0.251 e. The number of carbonyl (C=O) groups excluding carboxylic acids is 3. The van der Waals surface area contributed by atoms with Gasteiger partial charge in [0.1, 0.15) is 11.3 Å². The number of nitrogens with one attached hydrogen (secondary N) is 1. The van der Waals surface area contributed by atoms with Crippen molar-refractivity contribution in [3.05, 3.63) is 17.0 Å². The first kappa shape index (κ1) is 14.7. The molecule has 1 aromatic rings. The van der Waals surface area contributed by atoms with Crippen LogP contribution in [0.4, 0.5) is 5.00 Å². The molecule has 20 heavy (non-hydrogen) atoms. The maximum absolute atomic E-state index is 11.9. The number of nitrogens with zero attached hydrogens (tertiary/aromatic N) is 1. The summed E-state index contributed by atoms with van der Waals surface area (Å²) in [5.41, 5.74) is 5.56. The fourth-order valence-electron chi connectivity index (χ4n) is 2.22. The molecule has 1 saturated heterocycles. The van der Waals surface area contributed by atoms with Crippen LogP contribution in [0.5, 0.6) is 0 Å². The fraction of sp³-hybridized carbons (Fsp3) is 0.462. The lowest BCUT2D eigenvalue weighted by atomic mass is 9.99. The Balaban J connectivity index is 1.85. The number of primary amides is 1. The monoisotopic (exact) mass is 295 g/mol. The number of likely N-dealkylation sites (tertiary alicyclic amines) is 1. The summed E-state index contributed by atoms with van der Waals surface area (Å²) in [5, 5.41) is 4.92. The molecule has 2 heterocycles. The number of rotatable bonds is 5. The van der Waals surface area contributed by atoms with Gasteiger partial charge in [0.2, 0.25) is 5.91 Å². The second-order valence-electron chi connectivity index (χ2n) is 4.83. The third-order valence-electron chi connectivity index (χ3n) is 3.38. The van der Waals surface area contributed by atoms with Crippen molar-refractivity contribution in [3.8, 4) is 0 Å². The minimum atomic E-state index is -0.548. The summed E-state index contributed by atoms with van der Waals surface area (Å²) in [6.45, 7) is 1.75. The molecule has 1 aromatic heterocycles. The molecule has 2 amide bonds. The predicted octanol–water partition coefficient (Wildman–Crippen LogP) is 0.696. The topological polar surface area (TPSA) is 92.5 Å². The van der Waals surface area contributed by atoms with Gasteiger partial charge in [-0.05, 0) is 37.4 Å². The first-order chi connectivity index (χ1) is 9.60. The van der Waals surface area contributed by atoms with E-state index in [1.165, 1.54) is 11.3 Å². The van der Waals surface area contributed by atoms with Crippen LogP contribution >= 0.6 is 11.3 Å². The molecule has 1 fully saturated rings. The molecule has 0 spiro atoms. The highest BCUT2D eigenvalue weighted by atomic mass is 32.1. The van der Waals surface area contributed by atoms with E-state index in [0.717, 1.165) is 32.2 Å². The number of hydrogen-bond acceptors (Lipinski definition) is 5. The molecule has 3 N–H and O–H groups in total. The Kier molecular flexibility index (Phi) is 4.86. The van der Waals surface area contributed by atoms with E-state index >= 15 is 0 Å². The third kappa shape index (κ3) is 3.64. The largest absolute Gasteiger partial charge is 0.366 e. The summed E-state index contributed by atoms with van der Waals surface area (Å²) in [5.74, 6) is -0.596. The maximum atomic E-state index is 11.9. The molecule has 0 saturated carbocycles. The molecule has 0 bridgehead atoms. The molecule has 0 aromatic carbocycles. The number of anilines is 1. The molecule has 1 aliphatic rings. The lowest BCUT2D eigenvalue weighted by Gasteiger charge is -2.28. The van der Waals surface area contributed by atoms with Crippen molar-refractivity contribution in [2.75, 3.05) is 25.0 Å². The standard InChI is InChI=1S/C13H17N3O3S/c14-12(19)10-3-6-20-13(10)15-11(18)7-16-4-1-9(8-17)2-5-16/h3,6,8-9H,1-2,4-5,7H2,(H2,14,19)(H,15,18). The molecular weight excluding hydrogens is 278 g/mol. The molecule has 2 rings (SSSR count). The molecule has 0 aliphatic carbocycles. The van der Waals surface area contributed by atoms with Crippen LogP contribution < -0.4 is 11.1 Å². The Hall–Kier alpha value is -1.73. The average Bonchev–Trinajstić information content (AvgIpc) is 2.87. The van der Waals surface area contributed by atoms with Crippen LogP contribution in [-0.4, -0.2) is 42.6 Å². The van der Waals surface area contributed by atoms with E-state index in [-0.39, 0.29) is 18.4 Å². The number of amides is 2. The lowest BCUT2D eigenvalue weighted by molar-refractivity contribution is -0.117.